The Morgan fingerprint density at radius 2 is 2.00 bits per heavy atom. The fraction of sp³-hybridized carbons (Fsp3) is 0.294. The van der Waals surface area contributed by atoms with Gasteiger partial charge in [-0.05, 0) is 24.6 Å². The third-order valence-corrected chi connectivity index (χ3v) is 4.24. The molecular weight excluding hydrogens is 262 g/mol. The summed E-state index contributed by atoms with van der Waals surface area (Å²) in [5.74, 6) is 0. The van der Waals surface area contributed by atoms with Crippen LogP contribution in [0.3, 0.4) is 0 Å². The second-order valence-corrected chi connectivity index (χ2v) is 5.57. The first-order valence-electron chi connectivity index (χ1n) is 7.14. The third kappa shape index (κ3) is 1.94. The van der Waals surface area contributed by atoms with Gasteiger partial charge in [0.25, 0.3) is 0 Å². The number of aryl methyl sites for hydroxylation is 2. The Bertz CT molecular complexity index is 820. The summed E-state index contributed by atoms with van der Waals surface area (Å²) in [6.45, 7) is 2.76. The van der Waals surface area contributed by atoms with Crippen LogP contribution in [0.1, 0.15) is 5.56 Å². The summed E-state index contributed by atoms with van der Waals surface area (Å²) in [6.07, 6.45) is 0. The van der Waals surface area contributed by atoms with Gasteiger partial charge in [-0.15, -0.1) is 0 Å². The number of likely N-dealkylation sites (N-methyl/N-ethyl adjacent to an activating group) is 1. The summed E-state index contributed by atoms with van der Waals surface area (Å²) in [5, 5.41) is 11.5. The predicted molar refractivity (Wildman–Crippen MR) is 89.9 cm³/mol. The van der Waals surface area contributed by atoms with Crippen LogP contribution in [0.5, 0.6) is 0 Å². The predicted octanol–water partition coefficient (Wildman–Crippen LogP) is 2.65. The van der Waals surface area contributed by atoms with E-state index in [1.165, 1.54) is 10.9 Å². The molecule has 0 fully saturated rings. The van der Waals surface area contributed by atoms with Crippen molar-refractivity contribution in [2.75, 3.05) is 30.8 Å². The molecule has 0 bridgehead atoms. The van der Waals surface area contributed by atoms with Gasteiger partial charge in [-0.2, -0.15) is 0 Å². The first kappa shape index (κ1) is 13.8. The Labute approximate surface area is 124 Å². The SMILES string of the molecule is Cc1cc(N(C)CCO)c2c(c1N)c1ccccc1n2C. The molecule has 0 aliphatic carbocycles. The van der Waals surface area contributed by atoms with E-state index in [-0.39, 0.29) is 6.61 Å². The van der Waals surface area contributed by atoms with E-state index in [0.29, 0.717) is 6.54 Å². The van der Waals surface area contributed by atoms with Gasteiger partial charge in [0.2, 0.25) is 0 Å². The molecule has 2 aromatic carbocycles. The fourth-order valence-electron chi connectivity index (χ4n) is 3.08. The Morgan fingerprint density at radius 1 is 1.29 bits per heavy atom. The number of para-hydroxylation sites is 1. The Hall–Kier alpha value is -2.20. The second-order valence-electron chi connectivity index (χ2n) is 5.57. The highest BCUT2D eigenvalue weighted by Gasteiger charge is 2.17. The number of aliphatic hydroxyl groups excluding tert-OH is 1. The van der Waals surface area contributed by atoms with Crippen molar-refractivity contribution in [2.24, 2.45) is 7.05 Å². The molecule has 0 radical (unpaired) electrons. The molecular formula is C17H21N3O. The highest BCUT2D eigenvalue weighted by Crippen LogP contribution is 2.39. The number of hydrogen-bond acceptors (Lipinski definition) is 3. The van der Waals surface area contributed by atoms with Crippen molar-refractivity contribution in [3.8, 4) is 0 Å². The zero-order valence-electron chi connectivity index (χ0n) is 12.7. The standard InChI is InChI=1S/C17H21N3O/c1-11-10-14(19(2)8-9-21)17-15(16(11)18)12-6-4-5-7-13(12)20(17)3/h4-7,10,21H,8-9,18H2,1-3H3. The molecule has 0 aliphatic rings. The highest BCUT2D eigenvalue weighted by molar-refractivity contribution is 6.17. The topological polar surface area (TPSA) is 54.4 Å². The lowest BCUT2D eigenvalue weighted by molar-refractivity contribution is 0.304. The lowest BCUT2D eigenvalue weighted by Gasteiger charge is -2.21. The summed E-state index contributed by atoms with van der Waals surface area (Å²) in [4.78, 5) is 2.08. The summed E-state index contributed by atoms with van der Waals surface area (Å²) >= 11 is 0. The van der Waals surface area contributed by atoms with E-state index in [2.05, 4.69) is 34.7 Å². The number of fused-ring (bicyclic) bond motifs is 3. The van der Waals surface area contributed by atoms with Crippen LogP contribution in [-0.2, 0) is 7.05 Å². The van der Waals surface area contributed by atoms with E-state index in [1.54, 1.807) is 0 Å². The van der Waals surface area contributed by atoms with Gasteiger partial charge in [0.15, 0.2) is 0 Å². The molecule has 4 heteroatoms. The van der Waals surface area contributed by atoms with Crippen LogP contribution in [-0.4, -0.2) is 29.9 Å². The largest absolute Gasteiger partial charge is 0.398 e. The van der Waals surface area contributed by atoms with E-state index in [1.807, 2.05) is 26.1 Å². The summed E-state index contributed by atoms with van der Waals surface area (Å²) in [5.41, 5.74) is 11.7. The van der Waals surface area contributed by atoms with Gasteiger partial charge in [0.1, 0.15) is 0 Å². The van der Waals surface area contributed by atoms with Gasteiger partial charge in [-0.25, -0.2) is 0 Å². The van der Waals surface area contributed by atoms with E-state index in [4.69, 9.17) is 5.73 Å². The highest BCUT2D eigenvalue weighted by atomic mass is 16.3. The monoisotopic (exact) mass is 283 g/mol. The van der Waals surface area contributed by atoms with Gasteiger partial charge < -0.3 is 20.3 Å². The first-order chi connectivity index (χ1) is 10.1. The molecule has 1 aromatic heterocycles. The smallest absolute Gasteiger partial charge is 0.0747 e. The van der Waals surface area contributed by atoms with Crippen LogP contribution in [0.2, 0.25) is 0 Å². The molecule has 0 saturated carbocycles. The number of anilines is 2. The number of nitrogen functional groups attached to an aromatic ring is 1. The van der Waals surface area contributed by atoms with Crippen molar-refractivity contribution >= 4 is 33.2 Å². The number of aliphatic hydroxyl groups is 1. The zero-order valence-corrected chi connectivity index (χ0v) is 12.7. The van der Waals surface area contributed by atoms with Gasteiger partial charge >= 0.3 is 0 Å². The van der Waals surface area contributed by atoms with Crippen LogP contribution in [0.25, 0.3) is 21.8 Å². The number of nitrogens with zero attached hydrogens (tertiary/aromatic N) is 2. The number of nitrogens with two attached hydrogens (primary N) is 1. The van der Waals surface area contributed by atoms with Crippen LogP contribution in [0.4, 0.5) is 11.4 Å². The van der Waals surface area contributed by atoms with E-state index in [9.17, 15) is 5.11 Å². The van der Waals surface area contributed by atoms with Gasteiger partial charge in [0, 0.05) is 42.6 Å². The van der Waals surface area contributed by atoms with Crippen molar-refractivity contribution in [3.63, 3.8) is 0 Å². The molecule has 0 spiro atoms. The molecule has 0 unspecified atom stereocenters. The van der Waals surface area contributed by atoms with E-state index >= 15 is 0 Å². The lowest BCUT2D eigenvalue weighted by atomic mass is 10.1. The summed E-state index contributed by atoms with van der Waals surface area (Å²) < 4.78 is 2.18. The minimum absolute atomic E-state index is 0.130. The Morgan fingerprint density at radius 3 is 2.71 bits per heavy atom. The average Bonchev–Trinajstić information content (AvgIpc) is 2.77. The number of benzene rings is 2. The third-order valence-electron chi connectivity index (χ3n) is 4.24. The maximum absolute atomic E-state index is 9.23. The minimum atomic E-state index is 0.130. The molecule has 4 nitrogen and oxygen atoms in total. The van der Waals surface area contributed by atoms with Crippen molar-refractivity contribution < 1.29 is 5.11 Å². The summed E-state index contributed by atoms with van der Waals surface area (Å²) in [6, 6.07) is 10.4. The molecule has 0 atom stereocenters. The molecule has 0 amide bonds. The van der Waals surface area contributed by atoms with Gasteiger partial charge in [0.05, 0.1) is 17.8 Å². The maximum atomic E-state index is 9.23. The Balaban J connectivity index is 2.48. The molecule has 1 heterocycles. The normalized spacial score (nSPS) is 11.4. The van der Waals surface area contributed by atoms with Gasteiger partial charge in [-0.3, -0.25) is 0 Å². The second kappa shape index (κ2) is 4.97. The number of hydrogen-bond donors (Lipinski definition) is 2. The molecule has 110 valence electrons. The van der Waals surface area contributed by atoms with Crippen LogP contribution in [0, 0.1) is 6.92 Å². The fourth-order valence-corrected chi connectivity index (χ4v) is 3.08. The van der Waals surface area contributed by atoms with E-state index < -0.39 is 0 Å². The average molecular weight is 283 g/mol. The first-order valence-corrected chi connectivity index (χ1v) is 7.14. The maximum Gasteiger partial charge on any atom is 0.0747 e. The zero-order chi connectivity index (χ0) is 15.1. The van der Waals surface area contributed by atoms with Crippen molar-refractivity contribution in [1.82, 2.24) is 4.57 Å². The molecule has 0 saturated heterocycles. The molecule has 0 aliphatic heterocycles. The Kier molecular flexibility index (Phi) is 3.26. The van der Waals surface area contributed by atoms with Crippen molar-refractivity contribution in [2.45, 2.75) is 6.92 Å². The molecule has 21 heavy (non-hydrogen) atoms. The molecule has 3 aromatic rings. The van der Waals surface area contributed by atoms with Gasteiger partial charge in [-0.1, -0.05) is 18.2 Å². The minimum Gasteiger partial charge on any atom is -0.398 e. The van der Waals surface area contributed by atoms with Crippen molar-refractivity contribution in [1.29, 1.82) is 0 Å². The van der Waals surface area contributed by atoms with Crippen LogP contribution >= 0.6 is 0 Å². The van der Waals surface area contributed by atoms with Crippen LogP contribution < -0.4 is 10.6 Å². The lowest BCUT2D eigenvalue weighted by Crippen LogP contribution is -2.22. The number of aromatic nitrogens is 1. The van der Waals surface area contributed by atoms with Crippen molar-refractivity contribution in [3.05, 3.63) is 35.9 Å². The number of rotatable bonds is 3. The van der Waals surface area contributed by atoms with E-state index in [0.717, 1.165) is 27.8 Å². The molecule has 3 N–H and O–H groups in total. The summed E-state index contributed by atoms with van der Waals surface area (Å²) in [7, 11) is 4.06. The molecule has 3 rings (SSSR count). The van der Waals surface area contributed by atoms with Crippen LogP contribution in [0.15, 0.2) is 30.3 Å². The quantitative estimate of drug-likeness (QED) is 0.727.